The number of Topliss-reactive ketones (excluding diaryl/α,β-unsaturated/α-hetero) is 1. The van der Waals surface area contributed by atoms with Gasteiger partial charge in [0.15, 0.2) is 5.78 Å². The second kappa shape index (κ2) is 10.1. The molecule has 0 unspecified atom stereocenters. The molecule has 1 saturated carbocycles. The van der Waals surface area contributed by atoms with Crippen molar-refractivity contribution in [1.82, 2.24) is 14.9 Å². The zero-order valence-corrected chi connectivity index (χ0v) is 21.8. The fourth-order valence-corrected chi connectivity index (χ4v) is 6.01. The molecule has 2 atom stereocenters. The fraction of sp³-hybridized carbons (Fsp3) is 0.321. The van der Waals surface area contributed by atoms with Crippen molar-refractivity contribution < 1.29 is 14.7 Å². The lowest BCUT2D eigenvalue weighted by Crippen LogP contribution is -2.38. The van der Waals surface area contributed by atoms with E-state index in [9.17, 15) is 14.7 Å². The Hall–Kier alpha value is -3.16. The molecule has 0 saturated heterocycles. The average molecular weight is 522 g/mol. The van der Waals surface area contributed by atoms with Crippen molar-refractivity contribution in [2.75, 3.05) is 0 Å². The number of halogens is 1. The van der Waals surface area contributed by atoms with Gasteiger partial charge in [-0.2, -0.15) is 0 Å². The first-order chi connectivity index (χ1) is 17.3. The number of rotatable bonds is 6. The van der Waals surface area contributed by atoms with Gasteiger partial charge in [0, 0.05) is 34.0 Å². The van der Waals surface area contributed by atoms with E-state index < -0.39 is 0 Å². The molecule has 186 valence electrons. The first-order valence-corrected chi connectivity index (χ1v) is 13.4. The summed E-state index contributed by atoms with van der Waals surface area (Å²) in [5, 5.41) is 14.4. The molecule has 1 amide bonds. The summed E-state index contributed by atoms with van der Waals surface area (Å²) in [6.45, 7) is 3.84. The lowest BCUT2D eigenvalue weighted by Gasteiger charge is -2.32. The van der Waals surface area contributed by atoms with Crippen LogP contribution in [-0.2, 0) is 0 Å². The van der Waals surface area contributed by atoms with Crippen LogP contribution in [0.4, 0.5) is 0 Å². The van der Waals surface area contributed by atoms with Crippen LogP contribution < -0.4 is 5.32 Å². The third kappa shape index (κ3) is 4.77. The number of aromatic nitrogens is 2. The summed E-state index contributed by atoms with van der Waals surface area (Å²) in [5.74, 6) is 0.721. The molecule has 4 aromatic rings. The van der Waals surface area contributed by atoms with Crippen LogP contribution >= 0.6 is 22.9 Å². The Kier molecular flexibility index (Phi) is 6.86. The number of carbonyl (C=O) groups excluding carboxylic acids is 2. The fourth-order valence-electron chi connectivity index (χ4n) is 5.07. The molecular weight excluding hydrogens is 494 g/mol. The highest BCUT2D eigenvalue weighted by atomic mass is 35.5. The number of phenolic OH excluding ortho intramolecular Hbond substituents is 1. The lowest BCUT2D eigenvalue weighted by atomic mass is 9.90. The van der Waals surface area contributed by atoms with E-state index in [1.165, 1.54) is 11.3 Å². The van der Waals surface area contributed by atoms with E-state index in [1.807, 2.05) is 44.2 Å². The summed E-state index contributed by atoms with van der Waals surface area (Å²) in [7, 11) is 0. The standard InChI is InChI=1S/C28H28ClN3O3S/c1-3-24(33)17-8-10-23-22(13-17)31-27(21-14-18(29)9-11-25(21)34)32(23)20-6-4-5-19(15-20)30-28(35)26-12-7-16(2)36-26/h7-14,19-20,34H,3-6,15H2,1-2H3,(H,30,35)/t19-,20+/m1/s1. The highest BCUT2D eigenvalue weighted by molar-refractivity contribution is 7.13. The molecule has 1 fully saturated rings. The van der Waals surface area contributed by atoms with Gasteiger partial charge in [0.05, 0.1) is 21.5 Å². The molecule has 5 rings (SSSR count). The molecule has 0 spiro atoms. The molecular formula is C28H28ClN3O3S. The molecule has 2 N–H and O–H groups in total. The van der Waals surface area contributed by atoms with Crippen molar-refractivity contribution in [2.45, 2.75) is 58.0 Å². The second-order valence-electron chi connectivity index (χ2n) is 9.35. The number of hydrogen-bond acceptors (Lipinski definition) is 5. The summed E-state index contributed by atoms with van der Waals surface area (Å²) in [6.07, 6.45) is 3.94. The monoisotopic (exact) mass is 521 g/mol. The smallest absolute Gasteiger partial charge is 0.261 e. The zero-order valence-electron chi connectivity index (χ0n) is 20.3. The number of ketones is 1. The van der Waals surface area contributed by atoms with Crippen LogP contribution in [0.1, 0.15) is 70.0 Å². The number of fused-ring (bicyclic) bond motifs is 1. The van der Waals surface area contributed by atoms with Crippen LogP contribution in [0.15, 0.2) is 48.5 Å². The minimum absolute atomic E-state index is 0.0258. The van der Waals surface area contributed by atoms with Gasteiger partial charge >= 0.3 is 0 Å². The van der Waals surface area contributed by atoms with Crippen LogP contribution in [0.5, 0.6) is 5.75 Å². The summed E-state index contributed by atoms with van der Waals surface area (Å²) >= 11 is 7.79. The Bertz CT molecular complexity index is 1460. The number of thiophene rings is 1. The van der Waals surface area contributed by atoms with Gasteiger partial charge in [-0.1, -0.05) is 18.5 Å². The minimum atomic E-state index is -0.0373. The largest absolute Gasteiger partial charge is 0.507 e. The quantitative estimate of drug-likeness (QED) is 0.269. The van der Waals surface area contributed by atoms with E-state index in [4.69, 9.17) is 16.6 Å². The van der Waals surface area contributed by atoms with Gasteiger partial charge in [0.2, 0.25) is 0 Å². The van der Waals surface area contributed by atoms with Gasteiger partial charge < -0.3 is 15.0 Å². The molecule has 0 aliphatic heterocycles. The highest BCUT2D eigenvalue weighted by Crippen LogP contribution is 2.39. The summed E-state index contributed by atoms with van der Waals surface area (Å²) in [5.41, 5.74) is 2.76. The van der Waals surface area contributed by atoms with E-state index in [0.29, 0.717) is 33.9 Å². The molecule has 6 nitrogen and oxygen atoms in total. The van der Waals surface area contributed by atoms with E-state index >= 15 is 0 Å². The normalized spacial score (nSPS) is 17.9. The van der Waals surface area contributed by atoms with Crippen molar-refractivity contribution in [3.05, 3.63) is 68.9 Å². The van der Waals surface area contributed by atoms with Crippen LogP contribution in [0.25, 0.3) is 22.4 Å². The number of hydrogen-bond donors (Lipinski definition) is 2. The Labute approximate surface area is 218 Å². The second-order valence-corrected chi connectivity index (χ2v) is 11.1. The zero-order chi connectivity index (χ0) is 25.4. The Balaban J connectivity index is 1.54. The Morgan fingerprint density at radius 3 is 2.75 bits per heavy atom. The van der Waals surface area contributed by atoms with Crippen molar-refractivity contribution in [2.24, 2.45) is 0 Å². The first-order valence-electron chi connectivity index (χ1n) is 12.3. The van der Waals surface area contributed by atoms with Gasteiger partial charge in [-0.25, -0.2) is 4.98 Å². The number of imidazole rings is 1. The Morgan fingerprint density at radius 1 is 1.17 bits per heavy atom. The predicted octanol–water partition coefficient (Wildman–Crippen LogP) is 6.94. The third-order valence-corrected chi connectivity index (χ3v) is 8.08. The molecule has 0 radical (unpaired) electrons. The summed E-state index contributed by atoms with van der Waals surface area (Å²) in [6, 6.07) is 14.4. The van der Waals surface area contributed by atoms with Gasteiger partial charge in [-0.15, -0.1) is 11.3 Å². The highest BCUT2D eigenvalue weighted by Gasteiger charge is 2.29. The number of aromatic hydroxyl groups is 1. The maximum atomic E-state index is 12.8. The summed E-state index contributed by atoms with van der Waals surface area (Å²) < 4.78 is 2.15. The maximum absolute atomic E-state index is 12.8. The third-order valence-electron chi connectivity index (χ3n) is 6.84. The van der Waals surface area contributed by atoms with E-state index in [-0.39, 0.29) is 29.5 Å². The van der Waals surface area contributed by atoms with Crippen molar-refractivity contribution >= 4 is 45.7 Å². The number of carbonyl (C=O) groups is 2. The van der Waals surface area contributed by atoms with Crippen molar-refractivity contribution in [1.29, 1.82) is 0 Å². The average Bonchev–Trinajstić information content (AvgIpc) is 3.48. The topological polar surface area (TPSA) is 84.2 Å². The molecule has 36 heavy (non-hydrogen) atoms. The number of nitrogens with zero attached hydrogens (tertiary/aromatic N) is 2. The van der Waals surface area contributed by atoms with Crippen LogP contribution in [0, 0.1) is 6.92 Å². The number of nitrogens with one attached hydrogen (secondary N) is 1. The number of benzene rings is 2. The minimum Gasteiger partial charge on any atom is -0.507 e. The molecule has 1 aliphatic carbocycles. The van der Waals surface area contributed by atoms with E-state index in [1.54, 1.807) is 18.2 Å². The van der Waals surface area contributed by atoms with Gasteiger partial charge in [-0.3, -0.25) is 9.59 Å². The van der Waals surface area contributed by atoms with Crippen LogP contribution in [0.3, 0.4) is 0 Å². The SMILES string of the molecule is CCC(=O)c1ccc2c(c1)nc(-c1cc(Cl)ccc1O)n2[C@H]1CCC[C@@H](NC(=O)c2ccc(C)s2)C1. The molecule has 2 heterocycles. The van der Waals surface area contributed by atoms with Gasteiger partial charge in [0.1, 0.15) is 11.6 Å². The predicted molar refractivity (Wildman–Crippen MR) is 144 cm³/mol. The molecule has 2 aromatic carbocycles. The summed E-state index contributed by atoms with van der Waals surface area (Å²) in [4.78, 5) is 31.9. The number of amides is 1. The van der Waals surface area contributed by atoms with Crippen LogP contribution in [0.2, 0.25) is 5.02 Å². The van der Waals surface area contributed by atoms with Crippen LogP contribution in [-0.4, -0.2) is 32.4 Å². The van der Waals surface area contributed by atoms with Crippen molar-refractivity contribution in [3.8, 4) is 17.1 Å². The van der Waals surface area contributed by atoms with Crippen molar-refractivity contribution in [3.63, 3.8) is 0 Å². The maximum Gasteiger partial charge on any atom is 0.261 e. The Morgan fingerprint density at radius 2 is 2.00 bits per heavy atom. The van der Waals surface area contributed by atoms with E-state index in [0.717, 1.165) is 41.0 Å². The van der Waals surface area contributed by atoms with E-state index in [2.05, 4.69) is 9.88 Å². The molecule has 2 aromatic heterocycles. The number of phenols is 1. The van der Waals surface area contributed by atoms with Gasteiger partial charge in [-0.05, 0) is 81.1 Å². The number of aryl methyl sites for hydroxylation is 1. The molecule has 8 heteroatoms. The van der Waals surface area contributed by atoms with Gasteiger partial charge in [0.25, 0.3) is 5.91 Å². The molecule has 0 bridgehead atoms. The first kappa shape index (κ1) is 24.5. The lowest BCUT2D eigenvalue weighted by molar-refractivity contribution is 0.0924. The molecule has 1 aliphatic rings.